The maximum atomic E-state index is 4.99. The van der Waals surface area contributed by atoms with Gasteiger partial charge in [0.05, 0.1) is 11.6 Å². The van der Waals surface area contributed by atoms with Gasteiger partial charge in [0.1, 0.15) is 5.82 Å². The van der Waals surface area contributed by atoms with Gasteiger partial charge >= 0.3 is 0 Å². The van der Waals surface area contributed by atoms with Gasteiger partial charge in [-0.15, -0.1) is 0 Å². The molecule has 146 valence electrons. The highest BCUT2D eigenvalue weighted by Gasteiger charge is 2.35. The molecule has 2 aliphatic heterocycles. The summed E-state index contributed by atoms with van der Waals surface area (Å²) >= 11 is 0. The first kappa shape index (κ1) is 16.8. The van der Waals surface area contributed by atoms with Crippen LogP contribution in [0, 0.1) is 0 Å². The van der Waals surface area contributed by atoms with E-state index >= 15 is 0 Å². The first-order valence-corrected chi connectivity index (χ1v) is 10.4. The largest absolute Gasteiger partial charge is 0.352 e. The van der Waals surface area contributed by atoms with Crippen LogP contribution >= 0.6 is 0 Å². The van der Waals surface area contributed by atoms with Gasteiger partial charge in [0, 0.05) is 19.1 Å². The Kier molecular flexibility index (Phi) is 3.90. The molecule has 3 aliphatic rings. The molecule has 0 amide bonds. The first-order chi connectivity index (χ1) is 14.3. The minimum atomic E-state index is 0.289. The Labute approximate surface area is 170 Å². The van der Waals surface area contributed by atoms with Crippen molar-refractivity contribution in [2.45, 2.75) is 37.9 Å². The molecule has 0 bridgehead atoms. The van der Waals surface area contributed by atoms with Gasteiger partial charge in [0.15, 0.2) is 5.82 Å². The number of anilines is 3. The Morgan fingerprint density at radius 2 is 1.72 bits per heavy atom. The Bertz CT molecular complexity index is 1030. The summed E-state index contributed by atoms with van der Waals surface area (Å²) in [7, 11) is 0. The highest BCUT2D eigenvalue weighted by atomic mass is 15.4. The Morgan fingerprint density at radius 3 is 2.52 bits per heavy atom. The molecule has 0 spiro atoms. The fourth-order valence-electron chi connectivity index (χ4n) is 4.82. The topological polar surface area (TPSA) is 65.1 Å². The minimum absolute atomic E-state index is 0.289. The number of nitrogens with zero attached hydrogens (tertiary/aromatic N) is 3. The summed E-state index contributed by atoms with van der Waals surface area (Å²) in [5, 5.41) is 3.60. The third-order valence-electron chi connectivity index (χ3n) is 6.23. The molecule has 3 aromatic rings. The van der Waals surface area contributed by atoms with E-state index in [2.05, 4.69) is 75.7 Å². The molecule has 6 rings (SSSR count). The van der Waals surface area contributed by atoms with Crippen LogP contribution in [0.1, 0.15) is 34.7 Å². The lowest BCUT2D eigenvalue weighted by atomic mass is 10.0. The predicted octanol–water partition coefficient (Wildman–Crippen LogP) is 3.44. The molecule has 6 heteroatoms. The molecule has 29 heavy (non-hydrogen) atoms. The molecule has 0 saturated carbocycles. The summed E-state index contributed by atoms with van der Waals surface area (Å²) in [6.07, 6.45) is 3.09. The number of hydrogen-bond acceptors (Lipinski definition) is 6. The summed E-state index contributed by atoms with van der Waals surface area (Å²) in [6.45, 7) is 1.84. The van der Waals surface area contributed by atoms with E-state index in [-0.39, 0.29) is 6.04 Å². The number of hydrazine groups is 1. The van der Waals surface area contributed by atoms with Crippen LogP contribution in [0.3, 0.4) is 0 Å². The van der Waals surface area contributed by atoms with Gasteiger partial charge in [-0.05, 0) is 36.0 Å². The van der Waals surface area contributed by atoms with Crippen LogP contribution in [0.25, 0.3) is 0 Å². The number of fused-ring (bicyclic) bond motifs is 1. The van der Waals surface area contributed by atoms with E-state index in [1.165, 1.54) is 22.3 Å². The van der Waals surface area contributed by atoms with E-state index in [9.17, 15) is 0 Å². The second-order valence-corrected chi connectivity index (χ2v) is 8.17. The molecule has 3 heterocycles. The molecule has 2 aromatic carbocycles. The van der Waals surface area contributed by atoms with Crippen molar-refractivity contribution in [1.29, 1.82) is 0 Å². The van der Waals surface area contributed by atoms with Gasteiger partial charge in [-0.25, -0.2) is 5.43 Å². The maximum absolute atomic E-state index is 4.99. The van der Waals surface area contributed by atoms with Crippen molar-refractivity contribution in [2.24, 2.45) is 0 Å². The molecule has 6 nitrogen and oxygen atoms in total. The van der Waals surface area contributed by atoms with Crippen LogP contribution in [0.15, 0.2) is 54.6 Å². The Balaban J connectivity index is 1.30. The number of aromatic nitrogens is 2. The zero-order valence-corrected chi connectivity index (χ0v) is 16.2. The molecule has 0 fully saturated rings. The maximum Gasteiger partial charge on any atom is 0.226 e. The molecule has 0 saturated heterocycles. The van der Waals surface area contributed by atoms with Crippen LogP contribution < -0.4 is 21.1 Å². The lowest BCUT2D eigenvalue weighted by Crippen LogP contribution is -2.34. The van der Waals surface area contributed by atoms with E-state index in [1.54, 1.807) is 0 Å². The van der Waals surface area contributed by atoms with Gasteiger partial charge in [0.25, 0.3) is 0 Å². The lowest BCUT2D eigenvalue weighted by Gasteiger charge is -2.32. The SMILES string of the molecule is c1ccc(CN2CCC3NNc4nc(NC5Cc6ccccc6C5)nc2c43)cc1. The second kappa shape index (κ2) is 6.74. The summed E-state index contributed by atoms with van der Waals surface area (Å²) in [5.74, 6) is 2.67. The van der Waals surface area contributed by atoms with Gasteiger partial charge in [0.2, 0.25) is 5.95 Å². The number of rotatable bonds is 4. The molecule has 0 radical (unpaired) electrons. The summed E-state index contributed by atoms with van der Waals surface area (Å²) in [4.78, 5) is 12.2. The number of benzene rings is 2. The fourth-order valence-corrected chi connectivity index (χ4v) is 4.82. The zero-order chi connectivity index (χ0) is 19.2. The van der Waals surface area contributed by atoms with Gasteiger partial charge in [-0.1, -0.05) is 54.6 Å². The molecular weight excluding hydrogens is 360 g/mol. The van der Waals surface area contributed by atoms with Crippen LogP contribution in [-0.2, 0) is 19.4 Å². The fraction of sp³-hybridized carbons (Fsp3) is 0.304. The average molecular weight is 384 g/mol. The van der Waals surface area contributed by atoms with Crippen molar-refractivity contribution >= 4 is 17.6 Å². The number of nitrogens with one attached hydrogen (secondary N) is 3. The van der Waals surface area contributed by atoms with Crippen LogP contribution in [0.4, 0.5) is 17.6 Å². The highest BCUT2D eigenvalue weighted by molar-refractivity contribution is 5.67. The summed E-state index contributed by atoms with van der Waals surface area (Å²) in [6, 6.07) is 19.9. The van der Waals surface area contributed by atoms with Crippen molar-refractivity contribution < 1.29 is 0 Å². The van der Waals surface area contributed by atoms with E-state index in [0.29, 0.717) is 12.0 Å². The number of hydrogen-bond donors (Lipinski definition) is 3. The Hall–Kier alpha value is -3.12. The van der Waals surface area contributed by atoms with Crippen molar-refractivity contribution in [3.63, 3.8) is 0 Å². The minimum Gasteiger partial charge on any atom is -0.352 e. The molecule has 1 aliphatic carbocycles. The van der Waals surface area contributed by atoms with Gasteiger partial charge in [-0.2, -0.15) is 9.97 Å². The van der Waals surface area contributed by atoms with Gasteiger partial charge in [-0.3, -0.25) is 0 Å². The quantitative estimate of drug-likeness (QED) is 0.640. The van der Waals surface area contributed by atoms with E-state index in [1.807, 2.05) is 0 Å². The lowest BCUT2D eigenvalue weighted by molar-refractivity contribution is 0.533. The molecule has 1 aromatic heterocycles. The van der Waals surface area contributed by atoms with Crippen molar-refractivity contribution in [2.75, 3.05) is 22.2 Å². The third-order valence-corrected chi connectivity index (χ3v) is 6.23. The molecule has 1 atom stereocenters. The molecule has 1 unspecified atom stereocenters. The van der Waals surface area contributed by atoms with Crippen molar-refractivity contribution in [3.05, 3.63) is 76.9 Å². The zero-order valence-electron chi connectivity index (χ0n) is 16.2. The normalized spacial score (nSPS) is 19.6. The monoisotopic (exact) mass is 384 g/mol. The predicted molar refractivity (Wildman–Crippen MR) is 115 cm³/mol. The average Bonchev–Trinajstić information content (AvgIpc) is 3.35. The standard InChI is InChI=1S/C23H24N6/c1-2-6-15(7-3-1)14-29-11-10-19-20-21(28-27-19)25-23(26-22(20)29)24-18-12-16-8-4-5-9-17(16)13-18/h1-9,18-19,27H,10-14H2,(H2,24,25,26,28). The van der Waals surface area contributed by atoms with Crippen LogP contribution in [0.2, 0.25) is 0 Å². The summed E-state index contributed by atoms with van der Waals surface area (Å²) in [5.41, 5.74) is 12.0. The van der Waals surface area contributed by atoms with E-state index < -0.39 is 0 Å². The third kappa shape index (κ3) is 3.00. The first-order valence-electron chi connectivity index (χ1n) is 10.4. The summed E-state index contributed by atoms with van der Waals surface area (Å²) < 4.78 is 0. The smallest absolute Gasteiger partial charge is 0.226 e. The highest BCUT2D eigenvalue weighted by Crippen LogP contribution is 2.41. The van der Waals surface area contributed by atoms with Crippen molar-refractivity contribution in [3.8, 4) is 0 Å². The second-order valence-electron chi connectivity index (χ2n) is 8.17. The van der Waals surface area contributed by atoms with E-state index in [4.69, 9.17) is 9.97 Å². The van der Waals surface area contributed by atoms with E-state index in [0.717, 1.165) is 44.0 Å². The van der Waals surface area contributed by atoms with Crippen molar-refractivity contribution in [1.82, 2.24) is 15.4 Å². The van der Waals surface area contributed by atoms with Crippen LogP contribution in [-0.4, -0.2) is 22.6 Å². The Morgan fingerprint density at radius 1 is 0.966 bits per heavy atom. The van der Waals surface area contributed by atoms with Gasteiger partial charge < -0.3 is 15.6 Å². The molecular formula is C23H24N6. The molecule has 3 N–H and O–H groups in total. The van der Waals surface area contributed by atoms with Crippen LogP contribution in [0.5, 0.6) is 0 Å².